The third kappa shape index (κ3) is 1.07. The van der Waals surface area contributed by atoms with Crippen LogP contribution < -0.4 is 0 Å². The lowest BCUT2D eigenvalue weighted by Crippen LogP contribution is -1.98. The van der Waals surface area contributed by atoms with E-state index in [4.69, 9.17) is 0 Å². The molecule has 11 heavy (non-hydrogen) atoms. The zero-order valence-electron chi connectivity index (χ0n) is 5.90. The summed E-state index contributed by atoms with van der Waals surface area (Å²) in [4.78, 5) is 12.3. The number of carbonyl (C=O) groups is 1. The minimum Gasteiger partial charge on any atom is -0.295 e. The number of allylic oxidation sites excluding steroid dienone is 2. The van der Waals surface area contributed by atoms with Crippen molar-refractivity contribution in [3.8, 4) is 0 Å². The molecule has 1 aliphatic rings. The van der Waals surface area contributed by atoms with E-state index in [1.54, 1.807) is 18.5 Å². The largest absolute Gasteiger partial charge is 0.295 e. The maximum atomic E-state index is 10.8. The molecule has 2 rings (SSSR count). The molecule has 0 aromatic carbocycles. The summed E-state index contributed by atoms with van der Waals surface area (Å²) in [6, 6.07) is 0. The van der Waals surface area contributed by atoms with Crippen LogP contribution in [0.1, 0.15) is 12.8 Å². The lowest BCUT2D eigenvalue weighted by molar-refractivity contribution is -0.114. The second-order valence-corrected chi connectivity index (χ2v) is 2.42. The third-order valence-corrected chi connectivity index (χ3v) is 1.63. The summed E-state index contributed by atoms with van der Waals surface area (Å²) in [6.45, 7) is 0. The number of ketones is 1. The summed E-state index contributed by atoms with van der Waals surface area (Å²) in [5.41, 5.74) is 0.889. The molecular formula is C7H7N3O. The third-order valence-electron chi connectivity index (χ3n) is 1.63. The Kier molecular flexibility index (Phi) is 1.31. The SMILES string of the molecule is O=C1C=C(n2nccn2)CC1. The molecule has 0 unspecified atom stereocenters. The van der Waals surface area contributed by atoms with Crippen molar-refractivity contribution in [3.05, 3.63) is 18.5 Å². The molecule has 0 atom stereocenters. The van der Waals surface area contributed by atoms with Crippen molar-refractivity contribution in [3.63, 3.8) is 0 Å². The van der Waals surface area contributed by atoms with Gasteiger partial charge in [-0.25, -0.2) is 0 Å². The van der Waals surface area contributed by atoms with Gasteiger partial charge >= 0.3 is 0 Å². The second-order valence-electron chi connectivity index (χ2n) is 2.42. The Labute approximate surface area is 63.5 Å². The summed E-state index contributed by atoms with van der Waals surface area (Å²) in [7, 11) is 0. The molecule has 0 spiro atoms. The smallest absolute Gasteiger partial charge is 0.157 e. The van der Waals surface area contributed by atoms with Gasteiger partial charge in [-0.1, -0.05) is 0 Å². The van der Waals surface area contributed by atoms with Crippen LogP contribution in [-0.4, -0.2) is 20.8 Å². The molecule has 0 aliphatic heterocycles. The van der Waals surface area contributed by atoms with Crippen molar-refractivity contribution in [2.45, 2.75) is 12.8 Å². The van der Waals surface area contributed by atoms with Crippen molar-refractivity contribution in [2.75, 3.05) is 0 Å². The highest BCUT2D eigenvalue weighted by Crippen LogP contribution is 2.17. The number of aromatic nitrogens is 3. The van der Waals surface area contributed by atoms with Gasteiger partial charge in [0.25, 0.3) is 0 Å². The molecule has 1 aromatic rings. The van der Waals surface area contributed by atoms with E-state index < -0.39 is 0 Å². The average Bonchev–Trinajstić information content (AvgIpc) is 2.55. The minimum atomic E-state index is 0.164. The predicted molar refractivity (Wildman–Crippen MR) is 38.5 cm³/mol. The van der Waals surface area contributed by atoms with Crippen LogP contribution in [0.2, 0.25) is 0 Å². The van der Waals surface area contributed by atoms with Gasteiger partial charge in [0.05, 0.1) is 18.1 Å². The van der Waals surface area contributed by atoms with Crippen LogP contribution in [0.25, 0.3) is 5.70 Å². The Morgan fingerprint density at radius 2 is 2.00 bits per heavy atom. The van der Waals surface area contributed by atoms with E-state index in [1.165, 1.54) is 4.80 Å². The Balaban J connectivity index is 2.31. The predicted octanol–water partition coefficient (Wildman–Crippen LogP) is 0.482. The lowest BCUT2D eigenvalue weighted by Gasteiger charge is -1.95. The Morgan fingerprint density at radius 3 is 2.55 bits per heavy atom. The van der Waals surface area contributed by atoms with Gasteiger partial charge in [0, 0.05) is 12.5 Å². The van der Waals surface area contributed by atoms with Crippen molar-refractivity contribution in [1.29, 1.82) is 0 Å². The molecule has 1 heterocycles. The van der Waals surface area contributed by atoms with Crippen LogP contribution in [0.3, 0.4) is 0 Å². The van der Waals surface area contributed by atoms with Crippen LogP contribution in [0.4, 0.5) is 0 Å². The second kappa shape index (κ2) is 2.30. The van der Waals surface area contributed by atoms with E-state index in [2.05, 4.69) is 10.2 Å². The molecular weight excluding hydrogens is 142 g/mol. The first-order valence-electron chi connectivity index (χ1n) is 3.46. The van der Waals surface area contributed by atoms with E-state index in [-0.39, 0.29) is 5.78 Å². The maximum absolute atomic E-state index is 10.8. The van der Waals surface area contributed by atoms with E-state index >= 15 is 0 Å². The van der Waals surface area contributed by atoms with Gasteiger partial charge in [-0.15, -0.1) is 0 Å². The molecule has 0 radical (unpaired) electrons. The number of hydrogen-bond donors (Lipinski definition) is 0. The highest BCUT2D eigenvalue weighted by atomic mass is 16.1. The van der Waals surface area contributed by atoms with Crippen LogP contribution >= 0.6 is 0 Å². The first kappa shape index (κ1) is 6.27. The molecule has 0 saturated heterocycles. The zero-order valence-corrected chi connectivity index (χ0v) is 5.90. The maximum Gasteiger partial charge on any atom is 0.157 e. The first-order valence-corrected chi connectivity index (χ1v) is 3.46. The van der Waals surface area contributed by atoms with Gasteiger partial charge in [-0.3, -0.25) is 4.79 Å². The summed E-state index contributed by atoms with van der Waals surface area (Å²) in [5, 5.41) is 7.84. The van der Waals surface area contributed by atoms with Crippen LogP contribution in [0.5, 0.6) is 0 Å². The molecule has 56 valence electrons. The van der Waals surface area contributed by atoms with Crippen molar-refractivity contribution in [2.24, 2.45) is 0 Å². The summed E-state index contributed by atoms with van der Waals surface area (Å²) < 4.78 is 0. The molecule has 1 aromatic heterocycles. The van der Waals surface area contributed by atoms with E-state index in [0.29, 0.717) is 6.42 Å². The number of carbonyl (C=O) groups excluding carboxylic acids is 1. The molecule has 0 bridgehead atoms. The fourth-order valence-electron chi connectivity index (χ4n) is 1.10. The number of hydrogen-bond acceptors (Lipinski definition) is 3. The highest BCUT2D eigenvalue weighted by molar-refractivity contribution is 5.98. The summed E-state index contributed by atoms with van der Waals surface area (Å²) in [5.74, 6) is 0.164. The van der Waals surface area contributed by atoms with Gasteiger partial charge in [-0.05, 0) is 6.42 Å². The van der Waals surface area contributed by atoms with Gasteiger partial charge in [0.2, 0.25) is 0 Å². The monoisotopic (exact) mass is 149 g/mol. The molecule has 4 heteroatoms. The normalized spacial score (nSPS) is 17.1. The molecule has 0 saturated carbocycles. The van der Waals surface area contributed by atoms with Crippen LogP contribution in [0.15, 0.2) is 18.5 Å². The topological polar surface area (TPSA) is 47.8 Å². The number of rotatable bonds is 1. The van der Waals surface area contributed by atoms with Gasteiger partial charge in [0.1, 0.15) is 0 Å². The van der Waals surface area contributed by atoms with Gasteiger partial charge < -0.3 is 0 Å². The van der Waals surface area contributed by atoms with E-state index in [9.17, 15) is 4.79 Å². The first-order chi connectivity index (χ1) is 5.36. The molecule has 1 aliphatic carbocycles. The Morgan fingerprint density at radius 1 is 1.27 bits per heavy atom. The Bertz CT molecular complexity index is 299. The Hall–Kier alpha value is -1.45. The molecule has 4 nitrogen and oxygen atoms in total. The van der Waals surface area contributed by atoms with Crippen LogP contribution in [-0.2, 0) is 4.79 Å². The summed E-state index contributed by atoms with van der Waals surface area (Å²) in [6.07, 6.45) is 6.15. The van der Waals surface area contributed by atoms with Crippen molar-refractivity contribution in [1.82, 2.24) is 15.0 Å². The highest BCUT2D eigenvalue weighted by Gasteiger charge is 2.13. The van der Waals surface area contributed by atoms with Crippen molar-refractivity contribution >= 4 is 11.5 Å². The lowest BCUT2D eigenvalue weighted by atomic mass is 10.3. The quantitative estimate of drug-likeness (QED) is 0.583. The molecule has 0 amide bonds. The van der Waals surface area contributed by atoms with E-state index in [0.717, 1.165) is 12.1 Å². The number of nitrogens with zero attached hydrogens (tertiary/aromatic N) is 3. The fraction of sp³-hybridized carbons (Fsp3) is 0.286. The standard InChI is InChI=1S/C7H7N3O/c11-7-2-1-6(5-7)10-8-3-4-9-10/h3-5H,1-2H2. The van der Waals surface area contributed by atoms with Crippen molar-refractivity contribution < 1.29 is 4.79 Å². The minimum absolute atomic E-state index is 0.164. The van der Waals surface area contributed by atoms with Gasteiger partial charge in [0.15, 0.2) is 5.78 Å². The zero-order chi connectivity index (χ0) is 7.68. The van der Waals surface area contributed by atoms with E-state index in [1.807, 2.05) is 0 Å². The summed E-state index contributed by atoms with van der Waals surface area (Å²) >= 11 is 0. The van der Waals surface area contributed by atoms with Crippen LogP contribution in [0, 0.1) is 0 Å². The average molecular weight is 149 g/mol. The molecule has 0 N–H and O–H groups in total. The van der Waals surface area contributed by atoms with Gasteiger partial charge in [-0.2, -0.15) is 15.0 Å². The molecule has 0 fully saturated rings. The fourth-order valence-corrected chi connectivity index (χ4v) is 1.10.